The van der Waals surface area contributed by atoms with E-state index in [9.17, 15) is 13.2 Å². The molecule has 44 heavy (non-hydrogen) atoms. The van der Waals surface area contributed by atoms with Gasteiger partial charge in [0.2, 0.25) is 0 Å². The van der Waals surface area contributed by atoms with E-state index in [-0.39, 0.29) is 13.0 Å². The number of fused-ring (bicyclic) bond motifs is 1. The number of likely N-dealkylation sites (tertiary alicyclic amines) is 1. The number of piperidine rings is 1. The zero-order valence-corrected chi connectivity index (χ0v) is 24.5. The highest BCUT2D eigenvalue weighted by molar-refractivity contribution is 5.93. The number of benzene rings is 2. The van der Waals surface area contributed by atoms with Gasteiger partial charge in [-0.3, -0.25) is 0 Å². The molecule has 2 atom stereocenters. The van der Waals surface area contributed by atoms with Crippen molar-refractivity contribution in [2.75, 3.05) is 26.1 Å². The number of hydrogen-bond acceptors (Lipinski definition) is 8. The van der Waals surface area contributed by atoms with Gasteiger partial charge in [0, 0.05) is 42.1 Å². The summed E-state index contributed by atoms with van der Waals surface area (Å²) in [4.78, 5) is 10.3. The normalized spacial score (nSPS) is 18.5. The van der Waals surface area contributed by atoms with E-state index < -0.39 is 18.3 Å². The van der Waals surface area contributed by atoms with Gasteiger partial charge in [-0.15, -0.1) is 0 Å². The minimum atomic E-state index is -4.43. The Kier molecular flexibility index (Phi) is 8.11. The molecule has 0 radical (unpaired) electrons. The summed E-state index contributed by atoms with van der Waals surface area (Å²) in [6.07, 6.45) is 2.28. The van der Waals surface area contributed by atoms with E-state index in [2.05, 4.69) is 21.9 Å². The molecule has 2 fully saturated rings. The molecule has 6 rings (SSSR count). The van der Waals surface area contributed by atoms with Crippen LogP contribution in [0.3, 0.4) is 0 Å². The van der Waals surface area contributed by atoms with E-state index in [0.29, 0.717) is 57.5 Å². The molecule has 0 amide bonds. The number of hydrogen-bond donors (Lipinski definition) is 1. The second-order valence-corrected chi connectivity index (χ2v) is 10.8. The quantitative estimate of drug-likeness (QED) is 0.205. The van der Waals surface area contributed by atoms with Gasteiger partial charge in [-0.05, 0) is 67.3 Å². The molecule has 2 aliphatic rings. The van der Waals surface area contributed by atoms with Crippen molar-refractivity contribution >= 4 is 22.4 Å². The standard InChI is InChI=1S/C33H33F3N4O4/c1-4-26(20-7-5-8-20)40-13-12-22(16-31(40)33(34,35)36)44-30-17-23-24(18-29(30)42-3)37-19-38-32(23)39-25-15-21(10-11-28(25)41-2)27-9-6-14-43-27/h4,6,9-11,14-15,17-19,22,31H,1,5,7-8,12-13,16H2,2-3H3,(H,37,38,39). The number of halogens is 3. The Morgan fingerprint density at radius 3 is 2.55 bits per heavy atom. The Balaban J connectivity index is 1.30. The minimum Gasteiger partial charge on any atom is -0.495 e. The number of aromatic nitrogens is 2. The Hall–Kier alpha value is -4.67. The van der Waals surface area contributed by atoms with Crippen LogP contribution in [0.25, 0.3) is 22.2 Å². The summed E-state index contributed by atoms with van der Waals surface area (Å²) in [6.45, 7) is 4.02. The summed E-state index contributed by atoms with van der Waals surface area (Å²) in [5.41, 5.74) is 3.69. The van der Waals surface area contributed by atoms with Crippen LogP contribution in [-0.2, 0) is 0 Å². The van der Waals surface area contributed by atoms with Crippen LogP contribution < -0.4 is 19.5 Å². The van der Waals surface area contributed by atoms with Crippen molar-refractivity contribution in [2.45, 2.75) is 50.4 Å². The van der Waals surface area contributed by atoms with Crippen molar-refractivity contribution < 1.29 is 31.8 Å². The van der Waals surface area contributed by atoms with Gasteiger partial charge in [0.25, 0.3) is 0 Å². The molecule has 230 valence electrons. The minimum absolute atomic E-state index is 0.206. The maximum absolute atomic E-state index is 14.4. The van der Waals surface area contributed by atoms with Crippen LogP contribution in [0.2, 0.25) is 0 Å². The number of rotatable bonds is 9. The SMILES string of the molecule is C=CC(=C1CCC1)N1CCC(Oc2cc3c(Nc4cc(-c5ccco5)ccc4OC)ncnc3cc2OC)CC1C(F)(F)F. The van der Waals surface area contributed by atoms with E-state index in [0.717, 1.165) is 30.4 Å². The second-order valence-electron chi connectivity index (χ2n) is 10.8. The fraction of sp³-hybridized carbons (Fsp3) is 0.333. The van der Waals surface area contributed by atoms with Gasteiger partial charge in [-0.1, -0.05) is 6.58 Å². The lowest BCUT2D eigenvalue weighted by Gasteiger charge is -2.43. The van der Waals surface area contributed by atoms with E-state index in [1.807, 2.05) is 30.3 Å². The van der Waals surface area contributed by atoms with Crippen LogP contribution in [0.15, 0.2) is 83.4 Å². The molecule has 0 bridgehead atoms. The van der Waals surface area contributed by atoms with Gasteiger partial charge in [0.1, 0.15) is 35.8 Å². The van der Waals surface area contributed by atoms with Crippen LogP contribution in [0.5, 0.6) is 17.2 Å². The Bertz CT molecular complexity index is 1680. The molecule has 3 heterocycles. The van der Waals surface area contributed by atoms with E-state index in [1.54, 1.807) is 31.6 Å². The van der Waals surface area contributed by atoms with E-state index in [4.69, 9.17) is 18.6 Å². The van der Waals surface area contributed by atoms with Crippen molar-refractivity contribution in [2.24, 2.45) is 0 Å². The first-order chi connectivity index (χ1) is 21.3. The van der Waals surface area contributed by atoms with Crippen molar-refractivity contribution in [1.29, 1.82) is 0 Å². The number of alkyl halides is 3. The lowest BCUT2D eigenvalue weighted by atomic mass is 9.88. The highest BCUT2D eigenvalue weighted by atomic mass is 19.4. The third-order valence-corrected chi connectivity index (χ3v) is 8.23. The molecule has 8 nitrogen and oxygen atoms in total. The van der Waals surface area contributed by atoms with Gasteiger partial charge in [-0.2, -0.15) is 13.2 Å². The summed E-state index contributed by atoms with van der Waals surface area (Å²) < 4.78 is 66.1. The average Bonchev–Trinajstić information content (AvgIpc) is 3.54. The second kappa shape index (κ2) is 12.1. The number of nitrogens with zero attached hydrogens (tertiary/aromatic N) is 3. The first-order valence-electron chi connectivity index (χ1n) is 14.4. The van der Waals surface area contributed by atoms with Gasteiger partial charge in [-0.25, -0.2) is 9.97 Å². The Morgan fingerprint density at radius 2 is 1.89 bits per heavy atom. The van der Waals surface area contributed by atoms with Crippen molar-refractivity contribution in [3.05, 3.63) is 79.0 Å². The lowest BCUT2D eigenvalue weighted by Crippen LogP contribution is -2.52. The van der Waals surface area contributed by atoms with E-state index >= 15 is 0 Å². The third kappa shape index (κ3) is 5.78. The van der Waals surface area contributed by atoms with Gasteiger partial charge >= 0.3 is 6.18 Å². The van der Waals surface area contributed by atoms with Crippen molar-refractivity contribution in [3.8, 4) is 28.6 Å². The Labute approximate surface area is 253 Å². The number of anilines is 2. The zero-order valence-electron chi connectivity index (χ0n) is 24.5. The number of methoxy groups -OCH3 is 2. The summed E-state index contributed by atoms with van der Waals surface area (Å²) >= 11 is 0. The van der Waals surface area contributed by atoms with Crippen LogP contribution in [0.1, 0.15) is 32.1 Å². The van der Waals surface area contributed by atoms with E-state index in [1.165, 1.54) is 18.3 Å². The fourth-order valence-electron chi connectivity index (χ4n) is 5.84. The number of ether oxygens (including phenoxy) is 3. The molecular weight excluding hydrogens is 573 g/mol. The predicted molar refractivity (Wildman–Crippen MR) is 161 cm³/mol. The molecule has 1 N–H and O–H groups in total. The number of allylic oxidation sites excluding steroid dienone is 2. The van der Waals surface area contributed by atoms with Gasteiger partial charge < -0.3 is 28.8 Å². The maximum Gasteiger partial charge on any atom is 0.408 e. The van der Waals surface area contributed by atoms with Gasteiger partial charge in [0.15, 0.2) is 11.5 Å². The lowest BCUT2D eigenvalue weighted by molar-refractivity contribution is -0.192. The number of furan rings is 1. The molecule has 1 saturated carbocycles. The molecule has 1 aliphatic carbocycles. The third-order valence-electron chi connectivity index (χ3n) is 8.23. The van der Waals surface area contributed by atoms with Crippen molar-refractivity contribution in [1.82, 2.24) is 14.9 Å². The summed E-state index contributed by atoms with van der Waals surface area (Å²) in [7, 11) is 3.06. The molecule has 4 aromatic rings. The maximum atomic E-state index is 14.4. The fourth-order valence-corrected chi connectivity index (χ4v) is 5.84. The molecule has 1 saturated heterocycles. The van der Waals surface area contributed by atoms with Crippen LogP contribution >= 0.6 is 0 Å². The molecule has 1 aliphatic heterocycles. The first-order valence-corrected chi connectivity index (χ1v) is 14.4. The highest BCUT2D eigenvalue weighted by Gasteiger charge is 2.48. The molecule has 0 spiro atoms. The smallest absolute Gasteiger partial charge is 0.408 e. The van der Waals surface area contributed by atoms with Crippen LogP contribution in [0, 0.1) is 0 Å². The zero-order chi connectivity index (χ0) is 30.8. The first kappa shape index (κ1) is 29.4. The summed E-state index contributed by atoms with van der Waals surface area (Å²) in [5.74, 6) is 2.42. The highest BCUT2D eigenvalue weighted by Crippen LogP contribution is 2.42. The predicted octanol–water partition coefficient (Wildman–Crippen LogP) is 8.05. The average molecular weight is 607 g/mol. The van der Waals surface area contributed by atoms with Crippen molar-refractivity contribution in [3.63, 3.8) is 0 Å². The molecule has 2 unspecified atom stereocenters. The largest absolute Gasteiger partial charge is 0.495 e. The topological polar surface area (TPSA) is 81.9 Å². The molecular formula is C33H33F3N4O4. The number of nitrogens with one attached hydrogen (secondary N) is 1. The summed E-state index contributed by atoms with van der Waals surface area (Å²) in [5, 5.41) is 3.93. The van der Waals surface area contributed by atoms with Gasteiger partial charge in [0.05, 0.1) is 31.7 Å². The molecule has 2 aromatic heterocycles. The molecule has 11 heteroatoms. The van der Waals surface area contributed by atoms with Crippen LogP contribution in [-0.4, -0.2) is 54.0 Å². The van der Waals surface area contributed by atoms with Crippen LogP contribution in [0.4, 0.5) is 24.7 Å². The molecule has 2 aromatic carbocycles. The Morgan fingerprint density at radius 1 is 1.07 bits per heavy atom. The monoisotopic (exact) mass is 606 g/mol. The summed E-state index contributed by atoms with van der Waals surface area (Å²) in [6, 6.07) is 11.0.